The summed E-state index contributed by atoms with van der Waals surface area (Å²) in [6.45, 7) is 3.17. The number of nitro groups is 1. The molecule has 1 saturated heterocycles. The monoisotopic (exact) mass is 329 g/mol. The first-order chi connectivity index (χ1) is 11.5. The van der Waals surface area contributed by atoms with E-state index in [1.165, 1.54) is 10.7 Å². The van der Waals surface area contributed by atoms with Crippen LogP contribution in [0.5, 0.6) is 0 Å². The highest BCUT2D eigenvalue weighted by atomic mass is 16.6. The first-order valence-corrected chi connectivity index (χ1v) is 7.81. The van der Waals surface area contributed by atoms with Crippen LogP contribution in [-0.4, -0.2) is 44.6 Å². The molecule has 2 N–H and O–H groups in total. The molecule has 0 aliphatic carbocycles. The maximum atomic E-state index is 12.7. The lowest BCUT2D eigenvalue weighted by Gasteiger charge is -2.20. The van der Waals surface area contributed by atoms with Crippen molar-refractivity contribution in [2.24, 2.45) is 11.7 Å². The van der Waals surface area contributed by atoms with Crippen molar-refractivity contribution in [3.8, 4) is 5.69 Å². The molecule has 2 heterocycles. The summed E-state index contributed by atoms with van der Waals surface area (Å²) in [5.74, 6) is 0.136. The lowest BCUT2D eigenvalue weighted by atomic mass is 10.1. The molecule has 8 heteroatoms. The zero-order chi connectivity index (χ0) is 17.3. The van der Waals surface area contributed by atoms with Crippen molar-refractivity contribution in [2.75, 3.05) is 13.1 Å². The predicted molar refractivity (Wildman–Crippen MR) is 87.9 cm³/mol. The zero-order valence-electron chi connectivity index (χ0n) is 13.3. The van der Waals surface area contributed by atoms with Crippen LogP contribution in [0.2, 0.25) is 0 Å². The van der Waals surface area contributed by atoms with Gasteiger partial charge in [0, 0.05) is 24.8 Å². The van der Waals surface area contributed by atoms with Gasteiger partial charge in [-0.3, -0.25) is 14.9 Å². The molecule has 1 aliphatic heterocycles. The van der Waals surface area contributed by atoms with Crippen LogP contribution in [-0.2, 0) is 0 Å². The van der Waals surface area contributed by atoms with E-state index in [2.05, 4.69) is 5.10 Å². The van der Waals surface area contributed by atoms with Gasteiger partial charge >= 0.3 is 0 Å². The number of nitrogens with two attached hydrogens (primary N) is 1. The first kappa shape index (κ1) is 16.1. The topological polar surface area (TPSA) is 107 Å². The van der Waals surface area contributed by atoms with Crippen LogP contribution in [0.25, 0.3) is 5.69 Å². The van der Waals surface area contributed by atoms with Crippen molar-refractivity contribution >= 4 is 11.6 Å². The fourth-order valence-electron chi connectivity index (χ4n) is 3.13. The molecule has 2 unspecified atom stereocenters. The molecular weight excluding hydrogens is 310 g/mol. The molecule has 1 aromatic heterocycles. The minimum atomic E-state index is -0.465. The molecule has 0 bridgehead atoms. The molecule has 0 spiro atoms. The number of carbonyl (C=O) groups is 1. The van der Waals surface area contributed by atoms with E-state index in [0.29, 0.717) is 24.7 Å². The maximum absolute atomic E-state index is 12.7. The standard InChI is InChI=1S/C16H19N5O3/c1-11-8-12(9-17)10-19(11)16(22)13-6-7-20(18-13)14-4-2-3-5-15(14)21(23)24/h2-7,11-12H,8-10,17H2,1H3. The first-order valence-electron chi connectivity index (χ1n) is 7.81. The Kier molecular flexibility index (Phi) is 4.30. The van der Waals surface area contributed by atoms with Gasteiger partial charge in [0.15, 0.2) is 5.69 Å². The third-order valence-corrected chi connectivity index (χ3v) is 4.39. The fraction of sp³-hybridized carbons (Fsp3) is 0.375. The number of hydrogen-bond donors (Lipinski definition) is 1. The number of nitrogens with zero attached hydrogens (tertiary/aromatic N) is 4. The smallest absolute Gasteiger partial charge is 0.294 e. The Morgan fingerprint density at radius 2 is 2.17 bits per heavy atom. The second kappa shape index (κ2) is 6.40. The summed E-state index contributed by atoms with van der Waals surface area (Å²) in [5, 5.41) is 15.4. The van der Waals surface area contributed by atoms with Crippen molar-refractivity contribution < 1.29 is 9.72 Å². The number of aromatic nitrogens is 2. The number of amides is 1. The van der Waals surface area contributed by atoms with Gasteiger partial charge in [-0.05, 0) is 37.9 Å². The minimum Gasteiger partial charge on any atom is -0.334 e. The van der Waals surface area contributed by atoms with Crippen LogP contribution in [0.4, 0.5) is 5.69 Å². The molecule has 0 radical (unpaired) electrons. The Morgan fingerprint density at radius 1 is 1.42 bits per heavy atom. The molecule has 2 aromatic rings. The van der Waals surface area contributed by atoms with E-state index >= 15 is 0 Å². The van der Waals surface area contributed by atoms with E-state index < -0.39 is 4.92 Å². The summed E-state index contributed by atoms with van der Waals surface area (Å²) in [6.07, 6.45) is 2.45. The molecule has 126 valence electrons. The van der Waals surface area contributed by atoms with E-state index in [1.54, 1.807) is 35.4 Å². The molecule has 0 saturated carbocycles. The Morgan fingerprint density at radius 3 is 2.83 bits per heavy atom. The van der Waals surface area contributed by atoms with Crippen LogP contribution in [0.15, 0.2) is 36.5 Å². The average molecular weight is 329 g/mol. The van der Waals surface area contributed by atoms with Gasteiger partial charge in [-0.25, -0.2) is 4.68 Å². The van der Waals surface area contributed by atoms with Gasteiger partial charge in [-0.2, -0.15) is 5.10 Å². The van der Waals surface area contributed by atoms with Crippen LogP contribution in [0.3, 0.4) is 0 Å². The Labute approximate surface area is 139 Å². The Bertz CT molecular complexity index is 773. The van der Waals surface area contributed by atoms with Crippen molar-refractivity contribution in [2.45, 2.75) is 19.4 Å². The Balaban J connectivity index is 1.86. The number of benzene rings is 1. The van der Waals surface area contributed by atoms with Crippen LogP contribution >= 0.6 is 0 Å². The number of carbonyl (C=O) groups excluding carboxylic acids is 1. The lowest BCUT2D eigenvalue weighted by molar-refractivity contribution is -0.384. The van der Waals surface area contributed by atoms with Crippen LogP contribution in [0.1, 0.15) is 23.8 Å². The normalized spacial score (nSPS) is 20.3. The van der Waals surface area contributed by atoms with Gasteiger partial charge in [0.05, 0.1) is 4.92 Å². The number of hydrogen-bond acceptors (Lipinski definition) is 5. The highest BCUT2D eigenvalue weighted by Crippen LogP contribution is 2.25. The van der Waals surface area contributed by atoms with Crippen LogP contribution < -0.4 is 5.73 Å². The summed E-state index contributed by atoms with van der Waals surface area (Å²) in [7, 11) is 0. The second-order valence-corrected chi connectivity index (χ2v) is 6.04. The molecule has 1 fully saturated rings. The van der Waals surface area contributed by atoms with Crippen molar-refractivity contribution in [1.82, 2.24) is 14.7 Å². The molecule has 3 rings (SSSR count). The SMILES string of the molecule is CC1CC(CN)CN1C(=O)c1ccn(-c2ccccc2[N+](=O)[O-])n1. The third kappa shape index (κ3) is 2.88. The van der Waals surface area contributed by atoms with E-state index in [1.807, 2.05) is 6.92 Å². The fourth-order valence-corrected chi connectivity index (χ4v) is 3.13. The molecule has 1 aromatic carbocycles. The highest BCUT2D eigenvalue weighted by molar-refractivity contribution is 5.92. The van der Waals surface area contributed by atoms with E-state index in [4.69, 9.17) is 5.73 Å². The predicted octanol–water partition coefficient (Wildman–Crippen LogP) is 1.59. The third-order valence-electron chi connectivity index (χ3n) is 4.39. The van der Waals surface area contributed by atoms with Crippen molar-refractivity contribution in [3.63, 3.8) is 0 Å². The largest absolute Gasteiger partial charge is 0.334 e. The van der Waals surface area contributed by atoms with Gasteiger partial charge in [0.1, 0.15) is 5.69 Å². The number of para-hydroxylation sites is 2. The minimum absolute atomic E-state index is 0.0580. The molecule has 2 atom stereocenters. The molecular formula is C16H19N5O3. The number of rotatable bonds is 4. The van der Waals surface area contributed by atoms with E-state index in [-0.39, 0.29) is 23.3 Å². The summed E-state index contributed by atoms with van der Waals surface area (Å²) in [6, 6.07) is 7.99. The number of likely N-dealkylation sites (tertiary alicyclic amines) is 1. The summed E-state index contributed by atoms with van der Waals surface area (Å²) in [4.78, 5) is 25.1. The second-order valence-electron chi connectivity index (χ2n) is 6.04. The van der Waals surface area contributed by atoms with E-state index in [0.717, 1.165) is 6.42 Å². The van der Waals surface area contributed by atoms with Gasteiger partial charge < -0.3 is 10.6 Å². The molecule has 24 heavy (non-hydrogen) atoms. The zero-order valence-corrected chi connectivity index (χ0v) is 13.3. The highest BCUT2D eigenvalue weighted by Gasteiger charge is 2.33. The average Bonchev–Trinajstić information content (AvgIpc) is 3.21. The van der Waals surface area contributed by atoms with Crippen LogP contribution in [0, 0.1) is 16.0 Å². The lowest BCUT2D eigenvalue weighted by Crippen LogP contribution is -2.34. The summed E-state index contributed by atoms with van der Waals surface area (Å²) < 4.78 is 1.37. The quantitative estimate of drug-likeness (QED) is 0.677. The van der Waals surface area contributed by atoms with Gasteiger partial charge in [0.25, 0.3) is 11.6 Å². The van der Waals surface area contributed by atoms with E-state index in [9.17, 15) is 14.9 Å². The maximum Gasteiger partial charge on any atom is 0.294 e. The van der Waals surface area contributed by atoms with Gasteiger partial charge in [-0.15, -0.1) is 0 Å². The van der Waals surface area contributed by atoms with Crippen molar-refractivity contribution in [1.29, 1.82) is 0 Å². The number of nitro benzene ring substituents is 1. The Hall–Kier alpha value is -2.74. The van der Waals surface area contributed by atoms with Gasteiger partial charge in [-0.1, -0.05) is 12.1 Å². The van der Waals surface area contributed by atoms with Crippen molar-refractivity contribution in [3.05, 3.63) is 52.3 Å². The molecule has 8 nitrogen and oxygen atoms in total. The summed E-state index contributed by atoms with van der Waals surface area (Å²) in [5.41, 5.74) is 6.25. The summed E-state index contributed by atoms with van der Waals surface area (Å²) >= 11 is 0. The molecule has 1 amide bonds. The van der Waals surface area contributed by atoms with Gasteiger partial charge in [0.2, 0.25) is 0 Å². The molecule has 1 aliphatic rings.